The summed E-state index contributed by atoms with van der Waals surface area (Å²) in [6, 6.07) is 15.4. The molecule has 2 N–H and O–H groups in total. The van der Waals surface area contributed by atoms with Crippen LogP contribution in [-0.2, 0) is 0 Å². The molecule has 5 heteroatoms. The van der Waals surface area contributed by atoms with E-state index in [1.165, 1.54) is 12.1 Å². The Bertz CT molecular complexity index is 1090. The van der Waals surface area contributed by atoms with Gasteiger partial charge in [-0.3, -0.25) is 4.79 Å². The van der Waals surface area contributed by atoms with Crippen molar-refractivity contribution >= 4 is 33.2 Å². The average Bonchev–Trinajstić information content (AvgIpc) is 2.55. The first-order valence-corrected chi connectivity index (χ1v) is 7.15. The van der Waals surface area contributed by atoms with Gasteiger partial charge in [-0.15, -0.1) is 0 Å². The molecule has 0 aliphatic carbocycles. The molecule has 23 heavy (non-hydrogen) atoms. The van der Waals surface area contributed by atoms with Gasteiger partial charge < -0.3 is 10.3 Å². The highest BCUT2D eigenvalue weighted by molar-refractivity contribution is 6.10. The number of nitrogens with one attached hydrogen (secondary N) is 2. The van der Waals surface area contributed by atoms with Gasteiger partial charge in [0.2, 0.25) is 0 Å². The number of benzene rings is 2. The molecular weight excluding hydrogens is 293 g/mol. The topological polar surface area (TPSA) is 57.8 Å². The van der Waals surface area contributed by atoms with Crippen LogP contribution in [0.2, 0.25) is 0 Å². The largest absolute Gasteiger partial charge is 0.355 e. The lowest BCUT2D eigenvalue weighted by molar-refractivity contribution is 0.628. The standard InChI is InChI=1S/C18H12FN3O/c19-11-4-3-5-12(10-11)21-15-8-9-20-17-16(15)13-6-1-2-7-14(13)18(23)22-17/h1-10H,(H2,20,21,22,23). The van der Waals surface area contributed by atoms with Crippen LogP contribution in [0.1, 0.15) is 0 Å². The maximum atomic E-state index is 13.4. The maximum Gasteiger partial charge on any atom is 0.257 e. The molecule has 0 spiro atoms. The zero-order valence-corrected chi connectivity index (χ0v) is 12.0. The molecule has 2 aromatic carbocycles. The molecule has 0 bridgehead atoms. The summed E-state index contributed by atoms with van der Waals surface area (Å²) < 4.78 is 13.4. The van der Waals surface area contributed by atoms with Gasteiger partial charge in [0.05, 0.1) is 5.69 Å². The fourth-order valence-electron chi connectivity index (χ4n) is 2.73. The number of hydrogen-bond donors (Lipinski definition) is 2. The van der Waals surface area contributed by atoms with Crippen molar-refractivity contribution in [1.82, 2.24) is 9.97 Å². The van der Waals surface area contributed by atoms with E-state index in [1.807, 2.05) is 18.2 Å². The smallest absolute Gasteiger partial charge is 0.257 e. The summed E-state index contributed by atoms with van der Waals surface area (Å²) in [7, 11) is 0. The molecule has 4 aromatic rings. The Morgan fingerprint density at radius 1 is 1.00 bits per heavy atom. The first-order valence-electron chi connectivity index (χ1n) is 7.15. The minimum atomic E-state index is -0.313. The molecule has 0 unspecified atom stereocenters. The summed E-state index contributed by atoms with van der Waals surface area (Å²) in [5.41, 5.74) is 1.71. The van der Waals surface area contributed by atoms with Crippen LogP contribution < -0.4 is 10.9 Å². The highest BCUT2D eigenvalue weighted by Crippen LogP contribution is 2.29. The molecule has 0 radical (unpaired) electrons. The Morgan fingerprint density at radius 2 is 1.83 bits per heavy atom. The molecule has 4 rings (SSSR count). The SMILES string of the molecule is O=c1[nH]c2nccc(Nc3cccc(F)c3)c2c2ccccc12. The van der Waals surface area contributed by atoms with Gasteiger partial charge in [0.15, 0.2) is 0 Å². The second-order valence-corrected chi connectivity index (χ2v) is 5.22. The second kappa shape index (κ2) is 5.21. The Balaban J connectivity index is 2.00. The van der Waals surface area contributed by atoms with E-state index in [-0.39, 0.29) is 11.4 Å². The molecule has 0 saturated heterocycles. The Kier molecular flexibility index (Phi) is 3.05. The van der Waals surface area contributed by atoms with Crippen molar-refractivity contribution in [3.05, 3.63) is 77.0 Å². The van der Waals surface area contributed by atoms with Gasteiger partial charge in [-0.25, -0.2) is 9.37 Å². The normalized spacial score (nSPS) is 11.0. The second-order valence-electron chi connectivity index (χ2n) is 5.22. The van der Waals surface area contributed by atoms with Crippen molar-refractivity contribution in [2.45, 2.75) is 0 Å². The zero-order valence-electron chi connectivity index (χ0n) is 12.0. The molecule has 2 heterocycles. The minimum absolute atomic E-state index is 0.177. The van der Waals surface area contributed by atoms with Crippen molar-refractivity contribution < 1.29 is 4.39 Å². The average molecular weight is 305 g/mol. The lowest BCUT2D eigenvalue weighted by Crippen LogP contribution is -2.08. The Labute approximate surface area is 130 Å². The monoisotopic (exact) mass is 305 g/mol. The quantitative estimate of drug-likeness (QED) is 0.551. The predicted octanol–water partition coefficient (Wildman–Crippen LogP) is 3.96. The molecule has 2 aromatic heterocycles. The van der Waals surface area contributed by atoms with E-state index in [0.717, 1.165) is 16.5 Å². The first kappa shape index (κ1) is 13.5. The first-order chi connectivity index (χ1) is 11.2. The van der Waals surface area contributed by atoms with Crippen LogP contribution in [0.3, 0.4) is 0 Å². The van der Waals surface area contributed by atoms with E-state index in [9.17, 15) is 9.18 Å². The van der Waals surface area contributed by atoms with Crippen molar-refractivity contribution in [2.75, 3.05) is 5.32 Å². The van der Waals surface area contributed by atoms with Crippen LogP contribution >= 0.6 is 0 Å². The number of aromatic nitrogens is 2. The minimum Gasteiger partial charge on any atom is -0.355 e. The van der Waals surface area contributed by atoms with Crippen LogP contribution in [0.5, 0.6) is 0 Å². The molecule has 0 saturated carbocycles. The third kappa shape index (κ3) is 2.32. The third-order valence-electron chi connectivity index (χ3n) is 3.73. The summed E-state index contributed by atoms with van der Waals surface area (Å²) >= 11 is 0. The summed E-state index contributed by atoms with van der Waals surface area (Å²) in [6.07, 6.45) is 1.61. The highest BCUT2D eigenvalue weighted by atomic mass is 19.1. The van der Waals surface area contributed by atoms with Gasteiger partial charge in [0.1, 0.15) is 11.5 Å². The van der Waals surface area contributed by atoms with E-state index >= 15 is 0 Å². The van der Waals surface area contributed by atoms with Crippen molar-refractivity contribution in [3.8, 4) is 0 Å². The van der Waals surface area contributed by atoms with Crippen molar-refractivity contribution in [3.63, 3.8) is 0 Å². The number of fused-ring (bicyclic) bond motifs is 3. The zero-order chi connectivity index (χ0) is 15.8. The third-order valence-corrected chi connectivity index (χ3v) is 3.73. The van der Waals surface area contributed by atoms with Crippen LogP contribution in [0.25, 0.3) is 21.8 Å². The summed E-state index contributed by atoms with van der Waals surface area (Å²) in [6.45, 7) is 0. The number of anilines is 2. The van der Waals surface area contributed by atoms with Crippen LogP contribution in [0, 0.1) is 5.82 Å². The lowest BCUT2D eigenvalue weighted by atomic mass is 10.1. The Morgan fingerprint density at radius 3 is 2.65 bits per heavy atom. The van der Waals surface area contributed by atoms with E-state index in [0.29, 0.717) is 16.7 Å². The number of nitrogens with zero attached hydrogens (tertiary/aromatic N) is 1. The molecule has 112 valence electrons. The number of hydrogen-bond acceptors (Lipinski definition) is 3. The van der Waals surface area contributed by atoms with Crippen molar-refractivity contribution in [1.29, 1.82) is 0 Å². The summed E-state index contributed by atoms with van der Waals surface area (Å²) in [5.74, 6) is -0.313. The number of H-pyrrole nitrogens is 1. The molecule has 4 nitrogen and oxygen atoms in total. The molecule has 0 aliphatic heterocycles. The van der Waals surface area contributed by atoms with Crippen LogP contribution in [0.4, 0.5) is 15.8 Å². The molecule has 0 fully saturated rings. The van der Waals surface area contributed by atoms with E-state index in [4.69, 9.17) is 0 Å². The van der Waals surface area contributed by atoms with Gasteiger partial charge in [-0.05, 0) is 30.3 Å². The maximum absolute atomic E-state index is 13.4. The van der Waals surface area contributed by atoms with E-state index < -0.39 is 0 Å². The number of rotatable bonds is 2. The van der Waals surface area contributed by atoms with Crippen molar-refractivity contribution in [2.24, 2.45) is 0 Å². The van der Waals surface area contributed by atoms with Gasteiger partial charge >= 0.3 is 0 Å². The molecule has 0 aliphatic rings. The number of pyridine rings is 2. The molecule has 0 amide bonds. The van der Waals surface area contributed by atoms with E-state index in [1.54, 1.807) is 30.5 Å². The van der Waals surface area contributed by atoms with Crippen LogP contribution in [-0.4, -0.2) is 9.97 Å². The van der Waals surface area contributed by atoms with Gasteiger partial charge in [0.25, 0.3) is 5.56 Å². The fourth-order valence-corrected chi connectivity index (χ4v) is 2.73. The van der Waals surface area contributed by atoms with E-state index in [2.05, 4.69) is 15.3 Å². The number of halogens is 1. The molecular formula is C18H12FN3O. The molecule has 0 atom stereocenters. The lowest BCUT2D eigenvalue weighted by Gasteiger charge is -2.11. The summed E-state index contributed by atoms with van der Waals surface area (Å²) in [5, 5.41) is 5.39. The summed E-state index contributed by atoms with van der Waals surface area (Å²) in [4.78, 5) is 19.2. The van der Waals surface area contributed by atoms with Crippen LogP contribution in [0.15, 0.2) is 65.6 Å². The highest BCUT2D eigenvalue weighted by Gasteiger charge is 2.10. The van der Waals surface area contributed by atoms with Gasteiger partial charge in [-0.1, -0.05) is 24.3 Å². The Hall–Kier alpha value is -3.21. The van der Waals surface area contributed by atoms with Gasteiger partial charge in [0, 0.05) is 28.0 Å². The van der Waals surface area contributed by atoms with Gasteiger partial charge in [-0.2, -0.15) is 0 Å². The fraction of sp³-hybridized carbons (Fsp3) is 0. The number of aromatic amines is 1. The predicted molar refractivity (Wildman–Crippen MR) is 89.6 cm³/mol.